The summed E-state index contributed by atoms with van der Waals surface area (Å²) in [5.41, 5.74) is 1.45. The minimum Gasteiger partial charge on any atom is -0.268 e. The smallest absolute Gasteiger partial charge is 0.268 e. The van der Waals surface area contributed by atoms with Crippen molar-refractivity contribution in [3.63, 3.8) is 0 Å². The van der Waals surface area contributed by atoms with E-state index in [-0.39, 0.29) is 23.5 Å². The van der Waals surface area contributed by atoms with E-state index in [9.17, 15) is 14.0 Å². The lowest BCUT2D eigenvalue weighted by atomic mass is 10.2. The van der Waals surface area contributed by atoms with Crippen molar-refractivity contribution in [3.05, 3.63) is 73.8 Å². The monoisotopic (exact) mass is 425 g/mol. The van der Waals surface area contributed by atoms with Crippen molar-refractivity contribution < 1.29 is 14.0 Å². The lowest BCUT2D eigenvalue weighted by Crippen LogP contribution is -2.27. The fraction of sp³-hybridized carbons (Fsp3) is 0.0588. The second kappa shape index (κ2) is 7.09. The zero-order valence-corrected chi connectivity index (χ0v) is 15.3. The Morgan fingerprint density at radius 2 is 1.88 bits per heavy atom. The van der Waals surface area contributed by atoms with Crippen molar-refractivity contribution in [2.24, 2.45) is 0 Å². The number of carbonyl (C=O) groups excluding carboxylic acids is 2. The Morgan fingerprint density at radius 1 is 1.17 bits per heavy atom. The number of amides is 2. The van der Waals surface area contributed by atoms with Crippen molar-refractivity contribution in [3.8, 4) is 0 Å². The predicted molar refractivity (Wildman–Crippen MR) is 97.1 cm³/mol. The lowest BCUT2D eigenvalue weighted by molar-refractivity contribution is -0.123. The van der Waals surface area contributed by atoms with Gasteiger partial charge in [-0.15, -0.1) is 0 Å². The minimum absolute atomic E-state index is 0.187. The summed E-state index contributed by atoms with van der Waals surface area (Å²) in [6, 6.07) is 11.4. The van der Waals surface area contributed by atoms with E-state index in [1.54, 1.807) is 42.5 Å². The molecular formula is C17H10BrClFNO2S. The molecule has 0 radical (unpaired) electrons. The van der Waals surface area contributed by atoms with E-state index < -0.39 is 0 Å². The van der Waals surface area contributed by atoms with Crippen LogP contribution in [0, 0.1) is 5.82 Å². The summed E-state index contributed by atoms with van der Waals surface area (Å²) >= 11 is 9.80. The number of rotatable bonds is 3. The molecule has 3 nitrogen and oxygen atoms in total. The lowest BCUT2D eigenvalue weighted by Gasteiger charge is -2.12. The number of imide groups is 1. The van der Waals surface area contributed by atoms with E-state index in [1.807, 2.05) is 0 Å². The van der Waals surface area contributed by atoms with Gasteiger partial charge in [-0.05, 0) is 69.2 Å². The number of halogens is 3. The molecular weight excluding hydrogens is 417 g/mol. The fourth-order valence-corrected chi connectivity index (χ4v) is 3.52. The van der Waals surface area contributed by atoms with Crippen LogP contribution in [-0.4, -0.2) is 16.0 Å². The zero-order chi connectivity index (χ0) is 17.3. The predicted octanol–water partition coefficient (Wildman–Crippen LogP) is 5.48. The van der Waals surface area contributed by atoms with Gasteiger partial charge in [0.25, 0.3) is 11.1 Å². The average molecular weight is 427 g/mol. The molecule has 122 valence electrons. The number of hydrogen-bond donors (Lipinski definition) is 0. The number of thioether (sulfide) groups is 1. The van der Waals surface area contributed by atoms with Crippen LogP contribution in [0.1, 0.15) is 11.1 Å². The SMILES string of the molecule is O=C1S/C(=C\c2ccc(F)c(Br)c2)C(=O)N1Cc1ccc(Cl)cc1. The molecule has 1 heterocycles. The zero-order valence-electron chi connectivity index (χ0n) is 12.1. The second-order valence-corrected chi connectivity index (χ2v) is 7.35. The molecule has 1 saturated heterocycles. The Kier molecular flexibility index (Phi) is 5.08. The third kappa shape index (κ3) is 3.71. The molecule has 0 aliphatic carbocycles. The van der Waals surface area contributed by atoms with E-state index in [0.29, 0.717) is 20.0 Å². The third-order valence-electron chi connectivity index (χ3n) is 3.37. The summed E-state index contributed by atoms with van der Waals surface area (Å²) in [4.78, 5) is 26.0. The van der Waals surface area contributed by atoms with Gasteiger partial charge < -0.3 is 0 Å². The van der Waals surface area contributed by atoms with Crippen molar-refractivity contribution in [1.29, 1.82) is 0 Å². The average Bonchev–Trinajstić information content (AvgIpc) is 2.80. The number of hydrogen-bond acceptors (Lipinski definition) is 3. The highest BCUT2D eigenvalue weighted by molar-refractivity contribution is 9.10. The molecule has 2 amide bonds. The van der Waals surface area contributed by atoms with Gasteiger partial charge in [0.2, 0.25) is 0 Å². The summed E-state index contributed by atoms with van der Waals surface area (Å²) in [5.74, 6) is -0.747. The van der Waals surface area contributed by atoms with Crippen LogP contribution in [0.3, 0.4) is 0 Å². The van der Waals surface area contributed by atoms with E-state index in [1.165, 1.54) is 11.0 Å². The molecule has 0 atom stereocenters. The summed E-state index contributed by atoms with van der Waals surface area (Å²) in [6.07, 6.45) is 1.58. The number of nitrogens with zero attached hydrogens (tertiary/aromatic N) is 1. The van der Waals surface area contributed by atoms with Crippen molar-refractivity contribution in [2.45, 2.75) is 6.54 Å². The molecule has 0 bridgehead atoms. The molecule has 7 heteroatoms. The highest BCUT2D eigenvalue weighted by atomic mass is 79.9. The van der Waals surface area contributed by atoms with Gasteiger partial charge in [-0.1, -0.05) is 29.8 Å². The first kappa shape index (κ1) is 17.2. The Bertz CT molecular complexity index is 854. The highest BCUT2D eigenvalue weighted by Crippen LogP contribution is 2.33. The standard InChI is InChI=1S/C17H10BrClFNO2S/c18-13-7-11(3-6-14(13)20)8-15-16(22)21(17(23)24-15)9-10-1-4-12(19)5-2-10/h1-8H,9H2/b15-8-. The van der Waals surface area contributed by atoms with Gasteiger partial charge in [0.05, 0.1) is 15.9 Å². The van der Waals surface area contributed by atoms with E-state index >= 15 is 0 Å². The summed E-state index contributed by atoms with van der Waals surface area (Å²) in [7, 11) is 0. The van der Waals surface area contributed by atoms with Gasteiger partial charge in [0.1, 0.15) is 5.82 Å². The Morgan fingerprint density at radius 3 is 2.54 bits per heavy atom. The molecule has 0 aromatic heterocycles. The van der Waals surface area contributed by atoms with Crippen molar-refractivity contribution >= 4 is 56.5 Å². The van der Waals surface area contributed by atoms with Gasteiger partial charge >= 0.3 is 0 Å². The normalized spacial score (nSPS) is 16.3. The largest absolute Gasteiger partial charge is 0.293 e. The fourth-order valence-electron chi connectivity index (χ4n) is 2.16. The van der Waals surface area contributed by atoms with Gasteiger partial charge in [0.15, 0.2) is 0 Å². The van der Waals surface area contributed by atoms with Crippen LogP contribution in [-0.2, 0) is 11.3 Å². The maximum absolute atomic E-state index is 13.3. The highest BCUT2D eigenvalue weighted by Gasteiger charge is 2.34. The van der Waals surface area contributed by atoms with Crippen LogP contribution in [0.25, 0.3) is 6.08 Å². The quantitative estimate of drug-likeness (QED) is 0.610. The Balaban J connectivity index is 1.81. The van der Waals surface area contributed by atoms with Crippen molar-refractivity contribution in [2.75, 3.05) is 0 Å². The second-order valence-electron chi connectivity index (χ2n) is 5.07. The van der Waals surface area contributed by atoms with Crippen LogP contribution in [0.2, 0.25) is 5.02 Å². The minimum atomic E-state index is -0.386. The first-order valence-corrected chi connectivity index (χ1v) is 8.87. The molecule has 0 unspecified atom stereocenters. The molecule has 1 aliphatic heterocycles. The van der Waals surface area contributed by atoms with Crippen LogP contribution < -0.4 is 0 Å². The van der Waals surface area contributed by atoms with Gasteiger partial charge in [-0.25, -0.2) is 4.39 Å². The Labute approximate surface area is 155 Å². The molecule has 2 aromatic rings. The van der Waals surface area contributed by atoms with Crippen LogP contribution in [0.4, 0.5) is 9.18 Å². The molecule has 0 saturated carbocycles. The maximum atomic E-state index is 13.3. The molecule has 0 N–H and O–H groups in total. The van der Waals surface area contributed by atoms with Gasteiger partial charge in [-0.2, -0.15) is 0 Å². The summed E-state index contributed by atoms with van der Waals surface area (Å²) in [6.45, 7) is 0.187. The van der Waals surface area contributed by atoms with Crippen LogP contribution in [0.15, 0.2) is 51.8 Å². The van der Waals surface area contributed by atoms with Gasteiger partial charge in [0, 0.05) is 5.02 Å². The summed E-state index contributed by atoms with van der Waals surface area (Å²) in [5, 5.41) is 0.261. The number of carbonyl (C=O) groups is 2. The molecule has 1 fully saturated rings. The third-order valence-corrected chi connectivity index (χ3v) is 5.14. The number of benzene rings is 2. The van der Waals surface area contributed by atoms with E-state index in [4.69, 9.17) is 11.6 Å². The first-order chi connectivity index (χ1) is 11.4. The van der Waals surface area contributed by atoms with Crippen LogP contribution in [0.5, 0.6) is 0 Å². The molecule has 0 spiro atoms. The van der Waals surface area contributed by atoms with E-state index in [0.717, 1.165) is 17.3 Å². The van der Waals surface area contributed by atoms with E-state index in [2.05, 4.69) is 15.9 Å². The Hall–Kier alpha value is -1.63. The van der Waals surface area contributed by atoms with Crippen LogP contribution >= 0.6 is 39.3 Å². The van der Waals surface area contributed by atoms with Crippen molar-refractivity contribution in [1.82, 2.24) is 4.90 Å². The maximum Gasteiger partial charge on any atom is 0.293 e. The molecule has 1 aliphatic rings. The topological polar surface area (TPSA) is 37.4 Å². The molecule has 2 aromatic carbocycles. The first-order valence-electron chi connectivity index (χ1n) is 6.89. The summed E-state index contributed by atoms with van der Waals surface area (Å²) < 4.78 is 13.6. The molecule has 3 rings (SSSR count). The molecule has 24 heavy (non-hydrogen) atoms. The van der Waals surface area contributed by atoms with Gasteiger partial charge in [-0.3, -0.25) is 14.5 Å².